The average molecular weight is 550 g/mol. The van der Waals surface area contributed by atoms with Crippen molar-refractivity contribution in [1.82, 2.24) is 0 Å². The molecule has 0 saturated carbocycles. The monoisotopic (exact) mass is 549 g/mol. The highest BCUT2D eigenvalue weighted by Crippen LogP contribution is 2.42. The third-order valence-corrected chi connectivity index (χ3v) is 7.77. The zero-order valence-electron chi connectivity index (χ0n) is 22.0. The van der Waals surface area contributed by atoms with Crippen molar-refractivity contribution in [2.45, 2.75) is 44.9 Å². The number of esters is 2. The zero-order chi connectivity index (χ0) is 27.8. The molecule has 1 aliphatic carbocycles. The van der Waals surface area contributed by atoms with Crippen LogP contribution in [0.25, 0.3) is 0 Å². The smallest absolute Gasteiger partial charge is 0.341 e. The maximum Gasteiger partial charge on any atom is 0.341 e. The number of hydrogen-bond donors (Lipinski definition) is 1. The number of fused-ring (bicyclic) bond motifs is 1. The van der Waals surface area contributed by atoms with Crippen LogP contribution in [0.15, 0.2) is 54.6 Å². The van der Waals surface area contributed by atoms with Crippen LogP contribution < -0.4 is 10.1 Å². The lowest BCUT2D eigenvalue weighted by atomic mass is 9.83. The van der Waals surface area contributed by atoms with Gasteiger partial charge in [-0.15, -0.1) is 11.3 Å². The highest BCUT2D eigenvalue weighted by atomic mass is 32.1. The van der Waals surface area contributed by atoms with Crippen LogP contribution in [-0.2, 0) is 31.9 Å². The van der Waals surface area contributed by atoms with E-state index in [4.69, 9.17) is 14.2 Å². The number of rotatable bonds is 11. The number of hydrogen-bond acceptors (Lipinski definition) is 8. The van der Waals surface area contributed by atoms with Crippen molar-refractivity contribution < 1.29 is 33.4 Å². The Balaban J connectivity index is 1.35. The van der Waals surface area contributed by atoms with E-state index >= 15 is 0 Å². The van der Waals surface area contributed by atoms with Gasteiger partial charge in [-0.25, -0.2) is 4.79 Å². The minimum Gasteiger partial charge on any atom is -0.497 e. The highest BCUT2D eigenvalue weighted by Gasteiger charge is 2.31. The predicted octanol–water partition coefficient (Wildman–Crippen LogP) is 5.35. The fourth-order valence-electron chi connectivity index (χ4n) is 4.59. The molecule has 1 N–H and O–H groups in total. The van der Waals surface area contributed by atoms with Gasteiger partial charge in [0.25, 0.3) is 0 Å². The van der Waals surface area contributed by atoms with E-state index in [2.05, 4.69) is 17.4 Å². The van der Waals surface area contributed by atoms with Gasteiger partial charge in [0.15, 0.2) is 12.4 Å². The van der Waals surface area contributed by atoms with E-state index in [1.807, 2.05) is 18.2 Å². The molecule has 0 spiro atoms. The van der Waals surface area contributed by atoms with Gasteiger partial charge in [0.2, 0.25) is 5.91 Å². The third-order valence-electron chi connectivity index (χ3n) is 6.60. The van der Waals surface area contributed by atoms with E-state index in [1.165, 1.54) is 24.0 Å². The van der Waals surface area contributed by atoms with Crippen molar-refractivity contribution in [1.29, 1.82) is 0 Å². The largest absolute Gasteiger partial charge is 0.497 e. The van der Waals surface area contributed by atoms with Gasteiger partial charge < -0.3 is 19.5 Å². The minimum absolute atomic E-state index is 0.146. The quantitative estimate of drug-likeness (QED) is 0.254. The van der Waals surface area contributed by atoms with Crippen molar-refractivity contribution in [3.05, 3.63) is 81.7 Å². The van der Waals surface area contributed by atoms with Gasteiger partial charge in [-0.3, -0.25) is 14.4 Å². The molecule has 9 heteroatoms. The van der Waals surface area contributed by atoms with Crippen molar-refractivity contribution in [2.75, 3.05) is 25.6 Å². The lowest BCUT2D eigenvalue weighted by Crippen LogP contribution is -2.19. The zero-order valence-corrected chi connectivity index (χ0v) is 22.8. The van der Waals surface area contributed by atoms with Crippen LogP contribution in [0.3, 0.4) is 0 Å². The van der Waals surface area contributed by atoms with Crippen LogP contribution >= 0.6 is 11.3 Å². The van der Waals surface area contributed by atoms with Gasteiger partial charge in [-0.05, 0) is 67.5 Å². The number of carbonyl (C=O) groups excluding carboxylic acids is 4. The Morgan fingerprint density at radius 1 is 0.974 bits per heavy atom. The molecule has 0 unspecified atom stereocenters. The SMILES string of the molecule is CCOC(=O)c1c(NC(=O)CCC(=O)OCC(=O)c2ccc(OC)cc2)sc2c1CC[C@@H](c1ccccc1)C2. The molecule has 39 heavy (non-hydrogen) atoms. The number of benzene rings is 2. The van der Waals surface area contributed by atoms with E-state index < -0.39 is 24.5 Å². The number of methoxy groups -OCH3 is 1. The summed E-state index contributed by atoms with van der Waals surface area (Å²) in [6.45, 7) is 1.55. The summed E-state index contributed by atoms with van der Waals surface area (Å²) in [5, 5.41) is 3.26. The topological polar surface area (TPSA) is 108 Å². The summed E-state index contributed by atoms with van der Waals surface area (Å²) in [4.78, 5) is 51.0. The second-order valence-electron chi connectivity index (χ2n) is 9.14. The van der Waals surface area contributed by atoms with Gasteiger partial charge in [0, 0.05) is 16.9 Å². The number of amides is 1. The lowest BCUT2D eigenvalue weighted by molar-refractivity contribution is -0.143. The van der Waals surface area contributed by atoms with E-state index in [-0.39, 0.29) is 25.2 Å². The highest BCUT2D eigenvalue weighted by molar-refractivity contribution is 7.17. The molecule has 0 aliphatic heterocycles. The summed E-state index contributed by atoms with van der Waals surface area (Å²) >= 11 is 1.39. The maximum atomic E-state index is 12.8. The molecule has 0 radical (unpaired) electrons. The molecular formula is C30H31NO7S. The first-order valence-electron chi connectivity index (χ1n) is 12.9. The van der Waals surface area contributed by atoms with Crippen molar-refractivity contribution in [2.24, 2.45) is 0 Å². The van der Waals surface area contributed by atoms with Crippen LogP contribution in [0, 0.1) is 0 Å². The van der Waals surface area contributed by atoms with Gasteiger partial charge in [-0.1, -0.05) is 30.3 Å². The summed E-state index contributed by atoms with van der Waals surface area (Å²) in [6.07, 6.45) is 2.05. The summed E-state index contributed by atoms with van der Waals surface area (Å²) in [7, 11) is 1.53. The fourth-order valence-corrected chi connectivity index (χ4v) is 5.92. The van der Waals surface area contributed by atoms with Crippen LogP contribution in [0.5, 0.6) is 5.75 Å². The molecular weight excluding hydrogens is 518 g/mol. The summed E-state index contributed by atoms with van der Waals surface area (Å²) in [6, 6.07) is 16.7. The molecule has 204 valence electrons. The molecule has 4 rings (SSSR count). The first-order chi connectivity index (χ1) is 18.9. The molecule has 0 saturated heterocycles. The number of nitrogens with one attached hydrogen (secondary N) is 1. The molecule has 1 amide bonds. The second kappa shape index (κ2) is 13.2. The lowest BCUT2D eigenvalue weighted by Gasteiger charge is -2.23. The normalized spacial score (nSPS) is 14.2. The van der Waals surface area contributed by atoms with E-state index in [9.17, 15) is 19.2 Å². The summed E-state index contributed by atoms with van der Waals surface area (Å²) < 4.78 is 15.4. The Morgan fingerprint density at radius 3 is 2.41 bits per heavy atom. The Morgan fingerprint density at radius 2 is 1.72 bits per heavy atom. The molecule has 0 fully saturated rings. The first kappa shape index (κ1) is 28.0. The van der Waals surface area contributed by atoms with Crippen LogP contribution in [0.1, 0.15) is 68.8 Å². The van der Waals surface area contributed by atoms with Crippen LogP contribution in [0.2, 0.25) is 0 Å². The number of carbonyl (C=O) groups is 4. The second-order valence-corrected chi connectivity index (χ2v) is 10.2. The van der Waals surface area contributed by atoms with Crippen molar-refractivity contribution >= 4 is 40.0 Å². The molecule has 1 aromatic heterocycles. The first-order valence-corrected chi connectivity index (χ1v) is 13.7. The molecule has 1 heterocycles. The number of Topliss-reactive ketones (excluding diaryl/α,β-unsaturated/α-hetero) is 1. The van der Waals surface area contributed by atoms with Crippen LogP contribution in [0.4, 0.5) is 5.00 Å². The Kier molecular flexibility index (Phi) is 9.49. The third kappa shape index (κ3) is 7.11. The predicted molar refractivity (Wildman–Crippen MR) is 148 cm³/mol. The average Bonchev–Trinajstić information content (AvgIpc) is 3.32. The molecule has 1 aliphatic rings. The fraction of sp³-hybridized carbons (Fsp3) is 0.333. The number of ether oxygens (including phenoxy) is 3. The van der Waals surface area contributed by atoms with Gasteiger partial charge >= 0.3 is 11.9 Å². The Hall–Kier alpha value is -3.98. The van der Waals surface area contributed by atoms with Crippen molar-refractivity contribution in [3.8, 4) is 5.75 Å². The Labute approximate surface area is 231 Å². The van der Waals surface area contributed by atoms with E-state index in [0.29, 0.717) is 34.2 Å². The molecule has 2 aromatic carbocycles. The summed E-state index contributed by atoms with van der Waals surface area (Å²) in [5.74, 6) is -0.937. The van der Waals surface area contributed by atoms with Gasteiger partial charge in [0.1, 0.15) is 10.8 Å². The Bertz CT molecular complexity index is 1330. The van der Waals surface area contributed by atoms with E-state index in [1.54, 1.807) is 31.2 Å². The van der Waals surface area contributed by atoms with Gasteiger partial charge in [0.05, 0.1) is 25.7 Å². The molecule has 0 bridgehead atoms. The molecule has 1 atom stereocenters. The van der Waals surface area contributed by atoms with E-state index in [0.717, 1.165) is 23.3 Å². The summed E-state index contributed by atoms with van der Waals surface area (Å²) in [5.41, 5.74) is 2.98. The van der Waals surface area contributed by atoms with Gasteiger partial charge in [-0.2, -0.15) is 0 Å². The van der Waals surface area contributed by atoms with Crippen molar-refractivity contribution in [3.63, 3.8) is 0 Å². The maximum absolute atomic E-state index is 12.8. The number of thiophene rings is 1. The number of anilines is 1. The molecule has 8 nitrogen and oxygen atoms in total. The minimum atomic E-state index is -0.659. The molecule has 3 aromatic rings. The standard InChI is InChI=1S/C30H31NO7S/c1-3-37-30(35)28-23-14-11-21(19-7-5-4-6-8-19)17-25(23)39-29(28)31-26(33)15-16-27(34)38-18-24(32)20-9-12-22(36-2)13-10-20/h4-10,12-13,21H,3,11,14-18H2,1-2H3,(H,31,33)/t21-/m1/s1. The van der Waals surface area contributed by atoms with Crippen LogP contribution in [-0.4, -0.2) is 44.0 Å². The number of ketones is 1.